The zero-order valence-corrected chi connectivity index (χ0v) is 35.3. The van der Waals surface area contributed by atoms with Crippen LogP contribution in [0.3, 0.4) is 0 Å². The summed E-state index contributed by atoms with van der Waals surface area (Å²) in [5.41, 5.74) is 2.02. The molecule has 316 valence electrons. The molecule has 2 aliphatic rings. The van der Waals surface area contributed by atoms with Crippen molar-refractivity contribution in [3.63, 3.8) is 0 Å². The number of phenolic OH excluding ortho intramolecular Hbond substituents is 1. The number of rotatable bonds is 24. The Kier molecular flexibility index (Phi) is 17.2. The van der Waals surface area contributed by atoms with Gasteiger partial charge in [-0.1, -0.05) is 71.6 Å². The number of ketones is 1. The molecule has 0 amide bonds. The molecule has 0 saturated carbocycles. The Labute approximate surface area is 345 Å². The summed E-state index contributed by atoms with van der Waals surface area (Å²) < 4.78 is 42.6. The van der Waals surface area contributed by atoms with E-state index in [4.69, 9.17) is 33.2 Å². The smallest absolute Gasteiger partial charge is 0.177 e. The molecule has 0 aromatic heterocycles. The third-order valence-corrected chi connectivity index (χ3v) is 10.9. The molecule has 1 heterocycles. The first kappa shape index (κ1) is 44.4. The number of methoxy groups -OCH3 is 2. The number of benzene rings is 3. The number of ether oxygens (including phenoxy) is 7. The predicted molar refractivity (Wildman–Crippen MR) is 226 cm³/mol. The lowest BCUT2D eigenvalue weighted by atomic mass is 9.75. The number of aliphatic hydroxyl groups excluding tert-OH is 1. The summed E-state index contributed by atoms with van der Waals surface area (Å²) >= 11 is 0. The molecular weight excluding hydrogens is 737 g/mol. The fourth-order valence-electron chi connectivity index (χ4n) is 7.44. The van der Waals surface area contributed by atoms with Crippen LogP contribution in [0.4, 0.5) is 0 Å². The lowest BCUT2D eigenvalue weighted by Gasteiger charge is -2.38. The first-order valence-electron chi connectivity index (χ1n) is 21.2. The van der Waals surface area contributed by atoms with Gasteiger partial charge in [0.2, 0.25) is 0 Å². The van der Waals surface area contributed by atoms with Gasteiger partial charge in [-0.25, -0.2) is 0 Å². The van der Waals surface area contributed by atoms with E-state index in [9.17, 15) is 15.0 Å². The van der Waals surface area contributed by atoms with Gasteiger partial charge < -0.3 is 43.4 Å². The maximum absolute atomic E-state index is 14.9. The number of aromatic hydroxyl groups is 1. The molecule has 2 N–H and O–H groups in total. The summed E-state index contributed by atoms with van der Waals surface area (Å²) in [7, 11) is 3.13. The van der Waals surface area contributed by atoms with Crippen LogP contribution in [0.2, 0.25) is 0 Å². The highest BCUT2D eigenvalue weighted by molar-refractivity contribution is 6.04. The van der Waals surface area contributed by atoms with E-state index in [2.05, 4.69) is 33.8 Å². The highest BCUT2D eigenvalue weighted by Crippen LogP contribution is 2.44. The van der Waals surface area contributed by atoms with E-state index in [0.29, 0.717) is 67.2 Å². The van der Waals surface area contributed by atoms with Crippen LogP contribution in [-0.4, -0.2) is 75.5 Å². The van der Waals surface area contributed by atoms with Crippen LogP contribution in [0.5, 0.6) is 34.5 Å². The van der Waals surface area contributed by atoms with Crippen molar-refractivity contribution in [2.24, 2.45) is 11.8 Å². The number of phenols is 1. The number of unbranched alkanes of at least 4 members (excludes halogenated alkanes) is 4. The largest absolute Gasteiger partial charge is 0.507 e. The van der Waals surface area contributed by atoms with Crippen LogP contribution in [0.15, 0.2) is 78.1 Å². The highest BCUT2D eigenvalue weighted by Gasteiger charge is 2.41. The molecular formula is C48H64O10. The van der Waals surface area contributed by atoms with Crippen molar-refractivity contribution in [1.82, 2.24) is 0 Å². The molecule has 10 nitrogen and oxygen atoms in total. The van der Waals surface area contributed by atoms with Crippen molar-refractivity contribution in [1.29, 1.82) is 0 Å². The molecule has 0 fully saturated rings. The lowest BCUT2D eigenvalue weighted by Crippen LogP contribution is -2.39. The first-order chi connectivity index (χ1) is 28.3. The van der Waals surface area contributed by atoms with Crippen LogP contribution in [0, 0.1) is 11.8 Å². The van der Waals surface area contributed by atoms with E-state index in [1.807, 2.05) is 24.3 Å². The topological polar surface area (TPSA) is 122 Å². The van der Waals surface area contributed by atoms with Crippen molar-refractivity contribution < 1.29 is 48.2 Å². The van der Waals surface area contributed by atoms with Gasteiger partial charge in [-0.05, 0) is 68.0 Å². The number of aliphatic hydroxyl groups is 1. The number of Topliss-reactive ketones (excluding diaryl/α,β-unsaturated/α-hetero) is 1. The first-order valence-corrected chi connectivity index (χ1v) is 21.2. The zero-order valence-electron chi connectivity index (χ0n) is 35.3. The van der Waals surface area contributed by atoms with E-state index < -0.39 is 17.8 Å². The van der Waals surface area contributed by atoms with Crippen molar-refractivity contribution in [3.8, 4) is 34.5 Å². The standard InChI is InChI=1S/C48H64O10/c1-7-11-21-54-35-18-19-37(41(49)26-35)47(50)46(38-20-17-34(52-5)27-44(38)56-23-13-9-3)48(51)40-29-39(45(30-43(40)53-6)57-24-14-10-4)33-25-32-15-16-36(55-22-12-8-2)28-42(32)58-31-33/h15-20,26-30,33,39,45-46,48-49,51H,7-14,21-25,31H2,1-6H3/t33?,39-,45?,46?,48?/m0/s1. The van der Waals surface area contributed by atoms with Gasteiger partial charge >= 0.3 is 0 Å². The fourth-order valence-corrected chi connectivity index (χ4v) is 7.44. The van der Waals surface area contributed by atoms with Crippen molar-refractivity contribution >= 4 is 5.78 Å². The van der Waals surface area contributed by atoms with E-state index in [0.717, 1.165) is 74.8 Å². The van der Waals surface area contributed by atoms with Gasteiger partial charge in [0.1, 0.15) is 40.3 Å². The number of fused-ring (bicyclic) bond motifs is 1. The summed E-state index contributed by atoms with van der Waals surface area (Å²) in [5.74, 6) is 1.25. The summed E-state index contributed by atoms with van der Waals surface area (Å²) in [6.45, 7) is 11.0. The Balaban J connectivity index is 1.57. The number of hydrogen-bond donors (Lipinski definition) is 2. The van der Waals surface area contributed by atoms with Gasteiger partial charge in [-0.2, -0.15) is 0 Å². The van der Waals surface area contributed by atoms with E-state index >= 15 is 0 Å². The third kappa shape index (κ3) is 11.3. The fraction of sp³-hybridized carbons (Fsp3) is 0.521. The molecule has 5 atom stereocenters. The van der Waals surface area contributed by atoms with Gasteiger partial charge in [0.15, 0.2) is 5.78 Å². The molecule has 0 bridgehead atoms. The Morgan fingerprint density at radius 1 is 0.759 bits per heavy atom. The summed E-state index contributed by atoms with van der Waals surface area (Å²) in [5, 5.41) is 24.0. The van der Waals surface area contributed by atoms with Gasteiger partial charge in [-0.15, -0.1) is 0 Å². The summed E-state index contributed by atoms with van der Waals surface area (Å²) in [4.78, 5) is 14.9. The van der Waals surface area contributed by atoms with Crippen molar-refractivity contribution in [3.05, 3.63) is 94.8 Å². The van der Waals surface area contributed by atoms with E-state index in [-0.39, 0.29) is 29.3 Å². The van der Waals surface area contributed by atoms with Crippen LogP contribution < -0.4 is 23.7 Å². The minimum Gasteiger partial charge on any atom is -0.507 e. The minimum atomic E-state index is -1.42. The monoisotopic (exact) mass is 800 g/mol. The number of hydrogen-bond acceptors (Lipinski definition) is 10. The number of carbonyl (C=O) groups excluding carboxylic acids is 1. The average molecular weight is 801 g/mol. The second-order valence-electron chi connectivity index (χ2n) is 15.1. The zero-order chi connectivity index (χ0) is 41.4. The maximum Gasteiger partial charge on any atom is 0.177 e. The lowest BCUT2D eigenvalue weighted by molar-refractivity contribution is 0.0201. The second-order valence-corrected chi connectivity index (χ2v) is 15.1. The number of carbonyl (C=O) groups is 1. The second kappa shape index (κ2) is 22.5. The van der Waals surface area contributed by atoms with Crippen LogP contribution in [0.1, 0.15) is 106 Å². The maximum atomic E-state index is 14.9. The van der Waals surface area contributed by atoms with E-state index in [1.165, 1.54) is 6.07 Å². The van der Waals surface area contributed by atoms with Crippen LogP contribution >= 0.6 is 0 Å². The minimum absolute atomic E-state index is 0.0183. The molecule has 0 radical (unpaired) electrons. The summed E-state index contributed by atoms with van der Waals surface area (Å²) in [6.07, 6.45) is 10.3. The Bertz CT molecular complexity index is 1830. The molecule has 1 aliphatic carbocycles. The molecule has 5 rings (SSSR count). The van der Waals surface area contributed by atoms with Gasteiger partial charge in [0, 0.05) is 47.8 Å². The quantitative estimate of drug-likeness (QED) is 0.0669. The Hall–Kier alpha value is -4.67. The highest BCUT2D eigenvalue weighted by atomic mass is 16.5. The van der Waals surface area contributed by atoms with Gasteiger partial charge in [0.05, 0.1) is 64.3 Å². The molecule has 3 aromatic rings. The van der Waals surface area contributed by atoms with E-state index in [1.54, 1.807) is 44.6 Å². The molecule has 0 saturated heterocycles. The predicted octanol–water partition coefficient (Wildman–Crippen LogP) is 9.79. The molecule has 3 aromatic carbocycles. The van der Waals surface area contributed by atoms with Crippen molar-refractivity contribution in [2.45, 2.75) is 104 Å². The SMILES string of the molecule is CCCCOc1ccc(C(=O)C(c2ccc(OC)cc2OCCCC)C(O)C2=C[C@@H](C3COc4cc(OCCCC)ccc4C3)C(OCCCC)C=C2OC)c(O)c1. The molecule has 1 aliphatic heterocycles. The average Bonchev–Trinajstić information content (AvgIpc) is 3.24. The molecule has 4 unspecified atom stereocenters. The third-order valence-electron chi connectivity index (χ3n) is 10.9. The van der Waals surface area contributed by atoms with Crippen LogP contribution in [-0.2, 0) is 15.9 Å². The van der Waals surface area contributed by atoms with Crippen LogP contribution in [0.25, 0.3) is 0 Å². The summed E-state index contributed by atoms with van der Waals surface area (Å²) in [6, 6.07) is 16.0. The van der Waals surface area contributed by atoms with Gasteiger partial charge in [-0.3, -0.25) is 4.79 Å². The normalized spacial score (nSPS) is 18.5. The molecule has 10 heteroatoms. The van der Waals surface area contributed by atoms with Crippen molar-refractivity contribution in [2.75, 3.05) is 47.3 Å². The van der Waals surface area contributed by atoms with Gasteiger partial charge in [0.25, 0.3) is 0 Å². The molecule has 58 heavy (non-hydrogen) atoms. The Morgan fingerprint density at radius 3 is 2.05 bits per heavy atom. The Morgan fingerprint density at radius 2 is 1.40 bits per heavy atom. The molecule has 0 spiro atoms.